The van der Waals surface area contributed by atoms with E-state index in [2.05, 4.69) is 25.3 Å². The van der Waals surface area contributed by atoms with Crippen molar-refractivity contribution < 1.29 is 34.8 Å². The lowest BCUT2D eigenvalue weighted by Crippen LogP contribution is -2.42. The molecule has 0 saturated carbocycles. The summed E-state index contributed by atoms with van der Waals surface area (Å²) in [5, 5.41) is 12.2. The molecule has 0 aliphatic carbocycles. The molecule has 202 valence electrons. The van der Waals surface area contributed by atoms with Crippen LogP contribution in [0.15, 0.2) is 30.9 Å². The zero-order valence-electron chi connectivity index (χ0n) is 19.4. The Morgan fingerprint density at radius 1 is 1.05 bits per heavy atom. The molecule has 17 heteroatoms. The summed E-state index contributed by atoms with van der Waals surface area (Å²) in [6.45, 7) is 0.438. The van der Waals surface area contributed by atoms with E-state index in [4.69, 9.17) is 0 Å². The van der Waals surface area contributed by atoms with Gasteiger partial charge in [0.15, 0.2) is 5.69 Å². The van der Waals surface area contributed by atoms with E-state index in [1.165, 1.54) is 4.31 Å². The van der Waals surface area contributed by atoms with Crippen LogP contribution >= 0.6 is 0 Å². The minimum absolute atomic E-state index is 0.127. The summed E-state index contributed by atoms with van der Waals surface area (Å²) in [5.74, 6) is -0.144. The van der Waals surface area contributed by atoms with E-state index < -0.39 is 45.0 Å². The number of nitriles is 1. The van der Waals surface area contributed by atoms with Gasteiger partial charge in [0.25, 0.3) is 0 Å². The van der Waals surface area contributed by atoms with Crippen LogP contribution in [0.4, 0.5) is 32.3 Å². The van der Waals surface area contributed by atoms with Gasteiger partial charge in [-0.2, -0.15) is 31.6 Å². The number of imidazole rings is 1. The first-order valence-corrected chi connectivity index (χ1v) is 12.7. The van der Waals surface area contributed by atoms with Gasteiger partial charge in [-0.25, -0.2) is 32.7 Å². The van der Waals surface area contributed by atoms with Crippen molar-refractivity contribution >= 4 is 16.0 Å². The van der Waals surface area contributed by atoms with Gasteiger partial charge in [-0.15, -0.1) is 0 Å². The summed E-state index contributed by atoms with van der Waals surface area (Å²) < 4.78 is 106. The second-order valence-electron chi connectivity index (χ2n) is 8.37. The number of alkyl halides is 6. The van der Waals surface area contributed by atoms with Gasteiger partial charge in [-0.05, 0) is 25.0 Å². The Balaban J connectivity index is 1.65. The van der Waals surface area contributed by atoms with Gasteiger partial charge in [0.2, 0.25) is 16.0 Å². The molecule has 0 bridgehead atoms. The predicted molar refractivity (Wildman–Crippen MR) is 120 cm³/mol. The Hall–Kier alpha value is -3.78. The standard InChI is InChI=1S/C21H18F6N8O2S/c1-38(36,37)35-6-4-12(5-7-35)31-19-29-9-13(20(22,23)24)18(33-19)15-10-34(11-30-15)16-2-3-17(21(25,26)27)32-14(16)8-28/h2-3,9-12H,4-7H2,1H3,(H,29,31,33). The molecule has 0 atom stereocenters. The molecule has 1 saturated heterocycles. The van der Waals surface area contributed by atoms with E-state index >= 15 is 0 Å². The summed E-state index contributed by atoms with van der Waals surface area (Å²) in [6, 6.07) is 2.84. The van der Waals surface area contributed by atoms with E-state index in [-0.39, 0.29) is 36.5 Å². The van der Waals surface area contributed by atoms with Crippen LogP contribution in [0.2, 0.25) is 0 Å². The van der Waals surface area contributed by atoms with Crippen LogP contribution in [-0.2, 0) is 22.4 Å². The molecule has 0 aromatic carbocycles. The zero-order valence-corrected chi connectivity index (χ0v) is 20.2. The van der Waals surface area contributed by atoms with E-state index in [9.17, 15) is 40.0 Å². The average molecular weight is 560 g/mol. The first-order valence-electron chi connectivity index (χ1n) is 10.9. The smallest absolute Gasteiger partial charge is 0.351 e. The maximum atomic E-state index is 13.7. The number of nitrogens with zero attached hydrogens (tertiary/aromatic N) is 7. The lowest BCUT2D eigenvalue weighted by atomic mass is 10.1. The van der Waals surface area contributed by atoms with Crippen LogP contribution in [0.5, 0.6) is 0 Å². The molecule has 4 rings (SSSR count). The SMILES string of the molecule is CS(=O)(=O)N1CCC(Nc2ncc(C(F)(F)F)c(-c3cn(-c4ccc(C(F)(F)F)nc4C#N)cn3)n2)CC1. The number of piperidine rings is 1. The van der Waals surface area contributed by atoms with Gasteiger partial charge >= 0.3 is 12.4 Å². The number of halogens is 6. The Kier molecular flexibility index (Phi) is 7.05. The Bertz CT molecular complexity index is 1490. The van der Waals surface area contributed by atoms with Crippen LogP contribution < -0.4 is 5.32 Å². The maximum absolute atomic E-state index is 13.7. The highest BCUT2D eigenvalue weighted by molar-refractivity contribution is 7.88. The summed E-state index contributed by atoms with van der Waals surface area (Å²) in [6.07, 6.45) is -5.13. The lowest BCUT2D eigenvalue weighted by Gasteiger charge is -2.30. The number of rotatable bonds is 5. The van der Waals surface area contributed by atoms with Crippen molar-refractivity contribution in [2.45, 2.75) is 31.2 Å². The molecule has 3 aromatic heterocycles. The number of aromatic nitrogens is 5. The number of anilines is 1. The molecule has 0 unspecified atom stereocenters. The van der Waals surface area contributed by atoms with Crippen molar-refractivity contribution in [1.29, 1.82) is 5.26 Å². The zero-order chi connectivity index (χ0) is 27.9. The lowest BCUT2D eigenvalue weighted by molar-refractivity contribution is -0.141. The third-order valence-electron chi connectivity index (χ3n) is 5.72. The topological polar surface area (TPSA) is 130 Å². The third-order valence-corrected chi connectivity index (χ3v) is 7.03. The summed E-state index contributed by atoms with van der Waals surface area (Å²) >= 11 is 0. The molecule has 1 fully saturated rings. The number of sulfonamides is 1. The molecule has 1 aliphatic heterocycles. The minimum Gasteiger partial charge on any atom is -0.351 e. The fourth-order valence-corrected chi connectivity index (χ4v) is 4.72. The van der Waals surface area contributed by atoms with Gasteiger partial charge in [-0.1, -0.05) is 0 Å². The quantitative estimate of drug-likeness (QED) is 0.470. The van der Waals surface area contributed by atoms with Crippen molar-refractivity contribution in [3.05, 3.63) is 47.8 Å². The number of hydrogen-bond acceptors (Lipinski definition) is 8. The van der Waals surface area contributed by atoms with E-state index in [0.717, 1.165) is 29.4 Å². The highest BCUT2D eigenvalue weighted by atomic mass is 32.2. The van der Waals surface area contributed by atoms with Gasteiger partial charge in [0.1, 0.15) is 35.0 Å². The maximum Gasteiger partial charge on any atom is 0.433 e. The molecule has 3 aromatic rings. The molecular formula is C21H18F6N8O2S. The van der Waals surface area contributed by atoms with Crippen molar-refractivity contribution in [3.63, 3.8) is 0 Å². The van der Waals surface area contributed by atoms with Crippen molar-refractivity contribution in [2.75, 3.05) is 24.7 Å². The molecule has 0 spiro atoms. The number of nitrogens with one attached hydrogen (secondary N) is 1. The monoisotopic (exact) mass is 560 g/mol. The second-order valence-corrected chi connectivity index (χ2v) is 10.4. The molecular weight excluding hydrogens is 542 g/mol. The third kappa shape index (κ3) is 5.86. The number of hydrogen-bond donors (Lipinski definition) is 1. The first kappa shape index (κ1) is 27.3. The van der Waals surface area contributed by atoms with Crippen molar-refractivity contribution in [2.24, 2.45) is 0 Å². The Morgan fingerprint density at radius 2 is 1.74 bits per heavy atom. The van der Waals surface area contributed by atoms with Crippen molar-refractivity contribution in [1.82, 2.24) is 28.8 Å². The molecule has 10 nitrogen and oxygen atoms in total. The molecule has 0 radical (unpaired) electrons. The normalized spacial score (nSPS) is 15.8. The molecule has 4 heterocycles. The molecule has 38 heavy (non-hydrogen) atoms. The Morgan fingerprint density at radius 3 is 2.32 bits per heavy atom. The molecule has 1 N–H and O–H groups in total. The summed E-state index contributed by atoms with van der Waals surface area (Å²) in [7, 11) is -3.36. The van der Waals surface area contributed by atoms with Crippen LogP contribution in [0, 0.1) is 11.3 Å². The van der Waals surface area contributed by atoms with Gasteiger partial charge in [-0.3, -0.25) is 0 Å². The van der Waals surface area contributed by atoms with Crippen molar-refractivity contribution in [3.8, 4) is 23.1 Å². The van der Waals surface area contributed by atoms with Crippen LogP contribution in [0.1, 0.15) is 29.8 Å². The fraction of sp³-hybridized carbons (Fsp3) is 0.381. The van der Waals surface area contributed by atoms with Crippen LogP contribution in [-0.4, -0.2) is 62.6 Å². The number of pyridine rings is 1. The summed E-state index contributed by atoms with van der Waals surface area (Å²) in [4.78, 5) is 14.9. The highest BCUT2D eigenvalue weighted by Crippen LogP contribution is 2.36. The van der Waals surface area contributed by atoms with E-state index in [0.29, 0.717) is 25.1 Å². The molecule has 0 amide bonds. The van der Waals surface area contributed by atoms with Crippen LogP contribution in [0.25, 0.3) is 17.1 Å². The van der Waals surface area contributed by atoms with Crippen LogP contribution in [0.3, 0.4) is 0 Å². The fourth-order valence-electron chi connectivity index (χ4n) is 3.85. The first-order chi connectivity index (χ1) is 17.7. The van der Waals surface area contributed by atoms with Gasteiger partial charge in [0.05, 0.1) is 11.9 Å². The second kappa shape index (κ2) is 9.83. The summed E-state index contributed by atoms with van der Waals surface area (Å²) in [5.41, 5.74) is -4.11. The largest absolute Gasteiger partial charge is 0.433 e. The average Bonchev–Trinajstić information content (AvgIpc) is 3.32. The Labute approximate surface area is 212 Å². The highest BCUT2D eigenvalue weighted by Gasteiger charge is 2.37. The minimum atomic E-state index is -4.85. The van der Waals surface area contributed by atoms with E-state index in [1.54, 1.807) is 6.07 Å². The molecule has 1 aliphatic rings. The van der Waals surface area contributed by atoms with E-state index in [1.807, 2.05) is 0 Å². The predicted octanol–water partition coefficient (Wildman–Crippen LogP) is 3.47. The van der Waals surface area contributed by atoms with Gasteiger partial charge in [0, 0.05) is 31.5 Å². The van der Waals surface area contributed by atoms with Gasteiger partial charge < -0.3 is 9.88 Å².